The van der Waals surface area contributed by atoms with Gasteiger partial charge in [-0.25, -0.2) is 4.68 Å². The standard InChI is InChI=1S/C11H12N6/c1-2-8-9-10(12)14-15-11(9)17(16-8)7-3-5-13-6-4-7/h3-6H,2H2,1H3,(H3,12,14,15). The minimum absolute atomic E-state index is 0.567. The Balaban J connectivity index is 2.31. The number of hydrogen-bond donors (Lipinski definition) is 2. The van der Waals surface area contributed by atoms with Crippen LogP contribution in [0.25, 0.3) is 16.7 Å². The van der Waals surface area contributed by atoms with Gasteiger partial charge in [0.15, 0.2) is 5.65 Å². The van der Waals surface area contributed by atoms with Crippen molar-refractivity contribution in [3.8, 4) is 5.69 Å². The van der Waals surface area contributed by atoms with Crippen LogP contribution in [-0.2, 0) is 6.42 Å². The molecule has 6 heteroatoms. The molecule has 3 aromatic heterocycles. The quantitative estimate of drug-likeness (QED) is 0.692. The summed E-state index contributed by atoms with van der Waals surface area (Å²) in [5.41, 5.74) is 8.49. The highest BCUT2D eigenvalue weighted by molar-refractivity contribution is 5.89. The van der Waals surface area contributed by atoms with E-state index in [1.54, 1.807) is 17.1 Å². The van der Waals surface area contributed by atoms with E-state index < -0.39 is 0 Å². The molecule has 0 aliphatic rings. The zero-order valence-corrected chi connectivity index (χ0v) is 9.38. The second kappa shape index (κ2) is 3.58. The van der Waals surface area contributed by atoms with Crippen molar-refractivity contribution in [1.82, 2.24) is 25.0 Å². The summed E-state index contributed by atoms with van der Waals surface area (Å²) in [4.78, 5) is 3.99. The molecule has 0 aliphatic carbocycles. The van der Waals surface area contributed by atoms with Gasteiger partial charge >= 0.3 is 0 Å². The predicted octanol–water partition coefficient (Wildman–Crippen LogP) is 1.29. The topological polar surface area (TPSA) is 85.4 Å². The molecule has 0 saturated heterocycles. The summed E-state index contributed by atoms with van der Waals surface area (Å²) in [6, 6.07) is 3.77. The highest BCUT2D eigenvalue weighted by atomic mass is 15.4. The van der Waals surface area contributed by atoms with Gasteiger partial charge in [0.05, 0.1) is 16.8 Å². The van der Waals surface area contributed by atoms with Crippen LogP contribution in [0, 0.1) is 0 Å². The highest BCUT2D eigenvalue weighted by Gasteiger charge is 2.15. The number of nitrogens with one attached hydrogen (secondary N) is 1. The summed E-state index contributed by atoms with van der Waals surface area (Å²) in [5.74, 6) is 0.567. The van der Waals surface area contributed by atoms with Crippen LogP contribution in [0.2, 0.25) is 0 Å². The van der Waals surface area contributed by atoms with Gasteiger partial charge in [-0.05, 0) is 18.6 Å². The SMILES string of the molecule is CCc1nn(-c2ccncc2)c2n[nH]c(N)c12. The fourth-order valence-electron chi connectivity index (χ4n) is 1.91. The molecule has 0 atom stereocenters. The third-order valence-corrected chi connectivity index (χ3v) is 2.73. The second-order valence-corrected chi connectivity index (χ2v) is 3.75. The van der Waals surface area contributed by atoms with Crippen molar-refractivity contribution in [3.63, 3.8) is 0 Å². The number of fused-ring (bicyclic) bond motifs is 1. The van der Waals surface area contributed by atoms with Crippen molar-refractivity contribution in [2.45, 2.75) is 13.3 Å². The predicted molar refractivity (Wildman–Crippen MR) is 64.8 cm³/mol. The zero-order valence-electron chi connectivity index (χ0n) is 9.38. The van der Waals surface area contributed by atoms with Crippen LogP contribution in [0.5, 0.6) is 0 Å². The van der Waals surface area contributed by atoms with Crippen LogP contribution < -0.4 is 5.73 Å². The fourth-order valence-corrected chi connectivity index (χ4v) is 1.91. The molecule has 0 spiro atoms. The van der Waals surface area contributed by atoms with Crippen LogP contribution in [0.4, 0.5) is 5.82 Å². The lowest BCUT2D eigenvalue weighted by atomic mass is 10.2. The van der Waals surface area contributed by atoms with Crippen LogP contribution in [0.3, 0.4) is 0 Å². The van der Waals surface area contributed by atoms with E-state index >= 15 is 0 Å². The first-order chi connectivity index (χ1) is 8.31. The molecule has 0 aromatic carbocycles. The molecule has 6 nitrogen and oxygen atoms in total. The number of aromatic nitrogens is 5. The summed E-state index contributed by atoms with van der Waals surface area (Å²) >= 11 is 0. The van der Waals surface area contributed by atoms with Crippen molar-refractivity contribution in [1.29, 1.82) is 0 Å². The number of nitrogens with two attached hydrogens (primary N) is 1. The smallest absolute Gasteiger partial charge is 0.186 e. The van der Waals surface area contributed by atoms with Gasteiger partial charge in [0.1, 0.15) is 5.82 Å². The number of nitrogens with zero attached hydrogens (tertiary/aromatic N) is 4. The Morgan fingerprint density at radius 3 is 2.82 bits per heavy atom. The van der Waals surface area contributed by atoms with E-state index in [4.69, 9.17) is 5.73 Å². The van der Waals surface area contributed by atoms with Gasteiger partial charge in [-0.15, -0.1) is 0 Å². The molecule has 3 aromatic rings. The van der Waals surface area contributed by atoms with Gasteiger partial charge in [0.25, 0.3) is 0 Å². The molecule has 0 fully saturated rings. The van der Waals surface area contributed by atoms with Crippen molar-refractivity contribution in [2.24, 2.45) is 0 Å². The molecule has 17 heavy (non-hydrogen) atoms. The van der Waals surface area contributed by atoms with Gasteiger partial charge in [0.2, 0.25) is 0 Å². The second-order valence-electron chi connectivity index (χ2n) is 3.75. The molecule has 0 amide bonds. The van der Waals surface area contributed by atoms with Crippen LogP contribution in [0.1, 0.15) is 12.6 Å². The summed E-state index contributed by atoms with van der Waals surface area (Å²) in [6.45, 7) is 2.05. The third-order valence-electron chi connectivity index (χ3n) is 2.73. The van der Waals surface area contributed by atoms with Crippen molar-refractivity contribution < 1.29 is 0 Å². The maximum absolute atomic E-state index is 5.86. The van der Waals surface area contributed by atoms with Gasteiger partial charge in [0, 0.05) is 12.4 Å². The number of pyridine rings is 1. The van der Waals surface area contributed by atoms with E-state index in [0.717, 1.165) is 28.8 Å². The molecule has 0 radical (unpaired) electrons. The van der Waals surface area contributed by atoms with Gasteiger partial charge in [-0.2, -0.15) is 10.2 Å². The van der Waals surface area contributed by atoms with Gasteiger partial charge in [-0.1, -0.05) is 6.92 Å². The molecule has 0 bridgehead atoms. The molecule has 0 aliphatic heterocycles. The molecule has 0 saturated carbocycles. The summed E-state index contributed by atoms with van der Waals surface area (Å²) in [7, 11) is 0. The summed E-state index contributed by atoms with van der Waals surface area (Å²) < 4.78 is 1.78. The molecule has 3 heterocycles. The normalized spacial score (nSPS) is 11.1. The van der Waals surface area contributed by atoms with Crippen LogP contribution in [0.15, 0.2) is 24.5 Å². The number of nitrogen functional groups attached to an aromatic ring is 1. The third kappa shape index (κ3) is 1.37. The average Bonchev–Trinajstić information content (AvgIpc) is 2.92. The first kappa shape index (κ1) is 9.83. The van der Waals surface area contributed by atoms with E-state index in [9.17, 15) is 0 Å². The highest BCUT2D eigenvalue weighted by Crippen LogP contribution is 2.24. The molecular weight excluding hydrogens is 216 g/mol. The Morgan fingerprint density at radius 1 is 1.35 bits per heavy atom. The van der Waals surface area contributed by atoms with E-state index in [-0.39, 0.29) is 0 Å². The maximum Gasteiger partial charge on any atom is 0.186 e. The van der Waals surface area contributed by atoms with Gasteiger partial charge < -0.3 is 5.73 Å². The number of rotatable bonds is 2. The lowest BCUT2D eigenvalue weighted by Crippen LogP contribution is -1.98. The Kier molecular flexibility index (Phi) is 2.07. The van der Waals surface area contributed by atoms with Crippen molar-refractivity contribution >= 4 is 16.9 Å². The largest absolute Gasteiger partial charge is 0.383 e. The molecule has 0 unspecified atom stereocenters. The molecule has 3 N–H and O–H groups in total. The van der Waals surface area contributed by atoms with E-state index in [1.165, 1.54) is 0 Å². The average molecular weight is 228 g/mol. The first-order valence-electron chi connectivity index (χ1n) is 5.43. The summed E-state index contributed by atoms with van der Waals surface area (Å²) in [5, 5.41) is 12.4. The van der Waals surface area contributed by atoms with Crippen LogP contribution >= 0.6 is 0 Å². The fraction of sp³-hybridized carbons (Fsp3) is 0.182. The minimum atomic E-state index is 0.567. The van der Waals surface area contributed by atoms with Gasteiger partial charge in [-0.3, -0.25) is 10.1 Å². The molecule has 86 valence electrons. The number of aryl methyl sites for hydroxylation is 1. The summed E-state index contributed by atoms with van der Waals surface area (Å²) in [6.07, 6.45) is 4.27. The Morgan fingerprint density at radius 2 is 2.12 bits per heavy atom. The molecular formula is C11H12N6. The van der Waals surface area contributed by atoms with Crippen molar-refractivity contribution in [2.75, 3.05) is 5.73 Å². The zero-order chi connectivity index (χ0) is 11.8. The van der Waals surface area contributed by atoms with E-state index in [2.05, 4.69) is 20.3 Å². The monoisotopic (exact) mass is 228 g/mol. The maximum atomic E-state index is 5.86. The Labute approximate surface area is 97.5 Å². The Bertz CT molecular complexity index is 651. The molecule has 3 rings (SSSR count). The van der Waals surface area contributed by atoms with Crippen molar-refractivity contribution in [3.05, 3.63) is 30.2 Å². The number of H-pyrrole nitrogens is 1. The number of hydrogen-bond acceptors (Lipinski definition) is 4. The van der Waals surface area contributed by atoms with E-state index in [1.807, 2.05) is 19.1 Å². The lowest BCUT2D eigenvalue weighted by Gasteiger charge is -1.99. The lowest BCUT2D eigenvalue weighted by molar-refractivity contribution is 0.842. The minimum Gasteiger partial charge on any atom is -0.383 e. The number of anilines is 1. The van der Waals surface area contributed by atoms with Crippen LogP contribution in [-0.4, -0.2) is 25.0 Å². The van der Waals surface area contributed by atoms with E-state index in [0.29, 0.717) is 5.82 Å². The number of aromatic amines is 1. The first-order valence-corrected chi connectivity index (χ1v) is 5.43. The Hall–Kier alpha value is -2.37.